The van der Waals surface area contributed by atoms with Crippen molar-refractivity contribution in [3.05, 3.63) is 29.8 Å². The van der Waals surface area contributed by atoms with Crippen molar-refractivity contribution in [1.82, 2.24) is 0 Å². The molecule has 0 saturated heterocycles. The summed E-state index contributed by atoms with van der Waals surface area (Å²) in [5.41, 5.74) is 1.12. The van der Waals surface area contributed by atoms with Crippen molar-refractivity contribution >= 4 is 21.9 Å². The lowest BCUT2D eigenvalue weighted by molar-refractivity contribution is -0.140. The fourth-order valence-electron chi connectivity index (χ4n) is 1.57. The summed E-state index contributed by atoms with van der Waals surface area (Å²) in [5, 5.41) is 0. The molecule has 0 amide bonds. The van der Waals surface area contributed by atoms with Gasteiger partial charge in [-0.3, -0.25) is 4.79 Å². The highest BCUT2D eigenvalue weighted by Crippen LogP contribution is 2.31. The average molecular weight is 315 g/mol. The first-order valence-electron chi connectivity index (χ1n) is 5.80. The van der Waals surface area contributed by atoms with Crippen LogP contribution in [0.2, 0.25) is 0 Å². The van der Waals surface area contributed by atoms with Crippen LogP contribution >= 0.6 is 15.9 Å². The van der Waals surface area contributed by atoms with Gasteiger partial charge < -0.3 is 9.47 Å². The molecule has 0 aromatic heterocycles. The molecule has 0 saturated carbocycles. The van der Waals surface area contributed by atoms with Gasteiger partial charge in [0.2, 0.25) is 0 Å². The highest BCUT2D eigenvalue weighted by Gasteiger charge is 2.20. The topological polar surface area (TPSA) is 35.5 Å². The SMILES string of the molecule is COC(=O)C(Br)COc1ccccc1C(C)(C)C. The van der Waals surface area contributed by atoms with Crippen LogP contribution in [0.5, 0.6) is 5.75 Å². The molecule has 0 N–H and O–H groups in total. The van der Waals surface area contributed by atoms with E-state index in [2.05, 4.69) is 41.4 Å². The van der Waals surface area contributed by atoms with Crippen LogP contribution in [-0.4, -0.2) is 24.5 Å². The largest absolute Gasteiger partial charge is 0.491 e. The van der Waals surface area contributed by atoms with Crippen LogP contribution in [-0.2, 0) is 14.9 Å². The fourth-order valence-corrected chi connectivity index (χ4v) is 1.89. The molecule has 0 bridgehead atoms. The van der Waals surface area contributed by atoms with E-state index in [4.69, 9.17) is 4.74 Å². The van der Waals surface area contributed by atoms with E-state index in [0.29, 0.717) is 0 Å². The Morgan fingerprint density at radius 2 is 1.94 bits per heavy atom. The number of carbonyl (C=O) groups excluding carboxylic acids is 1. The van der Waals surface area contributed by atoms with Crippen molar-refractivity contribution in [3.63, 3.8) is 0 Å². The van der Waals surface area contributed by atoms with E-state index in [1.807, 2.05) is 24.3 Å². The van der Waals surface area contributed by atoms with E-state index >= 15 is 0 Å². The number of rotatable bonds is 4. The van der Waals surface area contributed by atoms with Crippen LogP contribution in [0.4, 0.5) is 0 Å². The number of methoxy groups -OCH3 is 1. The molecule has 0 radical (unpaired) electrons. The van der Waals surface area contributed by atoms with Gasteiger partial charge in [-0.25, -0.2) is 0 Å². The second-order valence-corrected chi connectivity index (χ2v) is 6.15. The summed E-state index contributed by atoms with van der Waals surface area (Å²) in [6.45, 7) is 6.63. The monoisotopic (exact) mass is 314 g/mol. The standard InChI is InChI=1S/C14H19BrO3/c1-14(2,3)10-7-5-6-8-12(10)18-9-11(15)13(16)17-4/h5-8,11H,9H2,1-4H3. The Morgan fingerprint density at radius 3 is 2.50 bits per heavy atom. The van der Waals surface area contributed by atoms with Gasteiger partial charge >= 0.3 is 5.97 Å². The maximum atomic E-state index is 11.3. The quantitative estimate of drug-likeness (QED) is 0.632. The van der Waals surface area contributed by atoms with Crippen LogP contribution in [0.15, 0.2) is 24.3 Å². The fraction of sp³-hybridized carbons (Fsp3) is 0.500. The molecule has 0 aliphatic heterocycles. The van der Waals surface area contributed by atoms with Crippen LogP contribution in [0.1, 0.15) is 26.3 Å². The number of esters is 1. The summed E-state index contributed by atoms with van der Waals surface area (Å²) in [4.78, 5) is 10.8. The molecule has 1 aromatic carbocycles. The van der Waals surface area contributed by atoms with Crippen molar-refractivity contribution in [2.24, 2.45) is 0 Å². The van der Waals surface area contributed by atoms with Crippen molar-refractivity contribution in [2.45, 2.75) is 31.0 Å². The van der Waals surface area contributed by atoms with Gasteiger partial charge in [-0.05, 0) is 17.0 Å². The van der Waals surface area contributed by atoms with Crippen LogP contribution < -0.4 is 4.74 Å². The zero-order valence-corrected chi connectivity index (χ0v) is 12.8. The lowest BCUT2D eigenvalue weighted by atomic mass is 9.86. The maximum absolute atomic E-state index is 11.3. The molecular formula is C14H19BrO3. The Bertz CT molecular complexity index is 410. The van der Waals surface area contributed by atoms with Crippen molar-refractivity contribution < 1.29 is 14.3 Å². The first-order valence-corrected chi connectivity index (χ1v) is 6.72. The number of carbonyl (C=O) groups is 1. The molecule has 3 nitrogen and oxygen atoms in total. The Labute approximate surface area is 117 Å². The van der Waals surface area contributed by atoms with Gasteiger partial charge in [0.05, 0.1) is 7.11 Å². The second-order valence-electron chi connectivity index (χ2n) is 5.05. The first-order chi connectivity index (χ1) is 8.36. The lowest BCUT2D eigenvalue weighted by Crippen LogP contribution is -2.24. The minimum absolute atomic E-state index is 0.00364. The molecule has 0 spiro atoms. The number of halogens is 1. The first kappa shape index (κ1) is 15.0. The predicted molar refractivity (Wildman–Crippen MR) is 75.4 cm³/mol. The average Bonchev–Trinajstić information content (AvgIpc) is 2.34. The van der Waals surface area contributed by atoms with Gasteiger partial charge in [0, 0.05) is 0 Å². The second kappa shape index (κ2) is 6.23. The molecule has 1 unspecified atom stereocenters. The predicted octanol–water partition coefficient (Wildman–Crippen LogP) is 3.30. The Balaban J connectivity index is 2.77. The van der Waals surface area contributed by atoms with E-state index in [0.717, 1.165) is 11.3 Å². The number of hydrogen-bond acceptors (Lipinski definition) is 3. The molecule has 0 heterocycles. The number of para-hydroxylation sites is 1. The Hall–Kier alpha value is -1.03. The summed E-state index contributed by atoms with van der Waals surface area (Å²) in [6, 6.07) is 7.86. The highest BCUT2D eigenvalue weighted by molar-refractivity contribution is 9.10. The third kappa shape index (κ3) is 4.02. The molecule has 18 heavy (non-hydrogen) atoms. The summed E-state index contributed by atoms with van der Waals surface area (Å²) in [7, 11) is 1.36. The van der Waals surface area contributed by atoms with Crippen LogP contribution in [0, 0.1) is 0 Å². The Morgan fingerprint density at radius 1 is 1.33 bits per heavy atom. The lowest BCUT2D eigenvalue weighted by Gasteiger charge is -2.23. The zero-order valence-electron chi connectivity index (χ0n) is 11.2. The molecule has 1 rings (SSSR count). The summed E-state index contributed by atoms with van der Waals surface area (Å²) >= 11 is 3.24. The minimum atomic E-state index is -0.449. The Kier molecular flexibility index (Phi) is 5.20. The van der Waals surface area contributed by atoms with Gasteiger partial charge in [0.25, 0.3) is 0 Å². The number of ether oxygens (including phenoxy) is 2. The number of alkyl halides is 1. The molecule has 0 fully saturated rings. The van der Waals surface area contributed by atoms with Crippen LogP contribution in [0.25, 0.3) is 0 Å². The van der Waals surface area contributed by atoms with E-state index in [1.54, 1.807) is 0 Å². The van der Waals surface area contributed by atoms with E-state index in [9.17, 15) is 4.79 Å². The van der Waals surface area contributed by atoms with Gasteiger partial charge in [-0.1, -0.05) is 54.9 Å². The molecule has 0 aliphatic rings. The zero-order chi connectivity index (χ0) is 13.8. The van der Waals surface area contributed by atoms with Crippen molar-refractivity contribution in [3.8, 4) is 5.75 Å². The summed E-state index contributed by atoms with van der Waals surface area (Å²) in [6.07, 6.45) is 0. The minimum Gasteiger partial charge on any atom is -0.491 e. The third-order valence-electron chi connectivity index (χ3n) is 2.54. The third-order valence-corrected chi connectivity index (χ3v) is 3.18. The molecular weight excluding hydrogens is 296 g/mol. The number of hydrogen-bond donors (Lipinski definition) is 0. The van der Waals surface area contributed by atoms with Crippen molar-refractivity contribution in [1.29, 1.82) is 0 Å². The van der Waals surface area contributed by atoms with Gasteiger partial charge in [-0.15, -0.1) is 0 Å². The number of benzene rings is 1. The smallest absolute Gasteiger partial charge is 0.322 e. The van der Waals surface area contributed by atoms with Gasteiger partial charge in [0.1, 0.15) is 17.2 Å². The maximum Gasteiger partial charge on any atom is 0.322 e. The molecule has 100 valence electrons. The van der Waals surface area contributed by atoms with E-state index in [1.165, 1.54) is 7.11 Å². The van der Waals surface area contributed by atoms with Crippen LogP contribution in [0.3, 0.4) is 0 Å². The highest BCUT2D eigenvalue weighted by atomic mass is 79.9. The van der Waals surface area contributed by atoms with Crippen molar-refractivity contribution in [2.75, 3.05) is 13.7 Å². The molecule has 0 aliphatic carbocycles. The van der Waals surface area contributed by atoms with Gasteiger partial charge in [-0.2, -0.15) is 0 Å². The molecule has 4 heteroatoms. The van der Waals surface area contributed by atoms with Gasteiger partial charge in [0.15, 0.2) is 0 Å². The summed E-state index contributed by atoms with van der Waals surface area (Å²) < 4.78 is 10.3. The van der Waals surface area contributed by atoms with E-state index in [-0.39, 0.29) is 18.0 Å². The van der Waals surface area contributed by atoms with E-state index < -0.39 is 4.83 Å². The molecule has 1 aromatic rings. The summed E-state index contributed by atoms with van der Waals surface area (Å²) in [5.74, 6) is 0.474. The molecule has 1 atom stereocenters. The normalized spacial score (nSPS) is 12.9.